The highest BCUT2D eigenvalue weighted by Crippen LogP contribution is 2.33. The zero-order valence-electron chi connectivity index (χ0n) is 9.56. The van der Waals surface area contributed by atoms with Crippen molar-refractivity contribution in [1.82, 2.24) is 0 Å². The molecule has 0 saturated carbocycles. The lowest BCUT2D eigenvalue weighted by molar-refractivity contribution is 0.137. The first-order valence-electron chi connectivity index (χ1n) is 5.33. The van der Waals surface area contributed by atoms with Crippen molar-refractivity contribution in [3.05, 3.63) is 23.3 Å². The van der Waals surface area contributed by atoms with Crippen LogP contribution in [0.15, 0.2) is 12.1 Å². The van der Waals surface area contributed by atoms with Crippen molar-refractivity contribution in [3.8, 4) is 11.5 Å². The molecule has 0 fully saturated rings. The number of nitrogens with two attached hydrogens (primary N) is 1. The summed E-state index contributed by atoms with van der Waals surface area (Å²) in [4.78, 5) is 0. The van der Waals surface area contributed by atoms with Gasteiger partial charge in [-0.1, -0.05) is 0 Å². The van der Waals surface area contributed by atoms with Crippen LogP contribution in [-0.2, 0) is 12.8 Å². The molecule has 1 aliphatic carbocycles. The van der Waals surface area contributed by atoms with Crippen molar-refractivity contribution in [3.63, 3.8) is 0 Å². The number of hydrogen-bond acceptors (Lipinski definition) is 4. The quantitative estimate of drug-likeness (QED) is 0.766. The second-order valence-corrected chi connectivity index (χ2v) is 4.12. The lowest BCUT2D eigenvalue weighted by atomic mass is 9.86. The lowest BCUT2D eigenvalue weighted by Crippen LogP contribution is -2.41. The number of aliphatic hydroxyl groups excluding tert-OH is 1. The normalized spacial score (nSPS) is 23.8. The minimum Gasteiger partial charge on any atom is -0.493 e. The third-order valence-corrected chi connectivity index (χ3v) is 3.08. The van der Waals surface area contributed by atoms with Crippen molar-refractivity contribution in [2.75, 3.05) is 14.2 Å². The second-order valence-electron chi connectivity index (χ2n) is 4.12. The van der Waals surface area contributed by atoms with E-state index >= 15 is 0 Å². The average molecular weight is 223 g/mol. The first-order chi connectivity index (χ1) is 7.65. The smallest absolute Gasteiger partial charge is 0.161 e. The molecule has 0 aliphatic heterocycles. The fraction of sp³-hybridized carbons (Fsp3) is 0.500. The van der Waals surface area contributed by atoms with E-state index in [-0.39, 0.29) is 6.04 Å². The number of aliphatic hydroxyl groups is 1. The highest BCUT2D eigenvalue weighted by Gasteiger charge is 2.25. The van der Waals surface area contributed by atoms with Gasteiger partial charge in [0.15, 0.2) is 11.5 Å². The maximum Gasteiger partial charge on any atom is 0.161 e. The molecular formula is C12H17NO3. The van der Waals surface area contributed by atoms with E-state index in [2.05, 4.69) is 0 Å². The van der Waals surface area contributed by atoms with Crippen molar-refractivity contribution >= 4 is 0 Å². The van der Waals surface area contributed by atoms with E-state index in [0.717, 1.165) is 11.1 Å². The highest BCUT2D eigenvalue weighted by molar-refractivity contribution is 5.48. The van der Waals surface area contributed by atoms with Crippen LogP contribution in [0.1, 0.15) is 11.1 Å². The predicted octanol–water partition coefficient (Wildman–Crippen LogP) is 0.491. The molecule has 1 aromatic rings. The van der Waals surface area contributed by atoms with Crippen LogP contribution in [0.4, 0.5) is 0 Å². The van der Waals surface area contributed by atoms with E-state index in [1.165, 1.54) is 0 Å². The molecule has 0 radical (unpaired) electrons. The molecule has 0 amide bonds. The second kappa shape index (κ2) is 4.31. The Morgan fingerprint density at radius 1 is 1.12 bits per heavy atom. The largest absolute Gasteiger partial charge is 0.493 e. The molecule has 0 bridgehead atoms. The van der Waals surface area contributed by atoms with Crippen molar-refractivity contribution in [2.24, 2.45) is 5.73 Å². The Labute approximate surface area is 95.0 Å². The molecule has 0 spiro atoms. The predicted molar refractivity (Wildman–Crippen MR) is 60.9 cm³/mol. The van der Waals surface area contributed by atoms with Gasteiger partial charge in [-0.25, -0.2) is 0 Å². The van der Waals surface area contributed by atoms with Crippen LogP contribution < -0.4 is 15.2 Å². The number of fused-ring (bicyclic) bond motifs is 1. The Kier molecular flexibility index (Phi) is 3.03. The van der Waals surface area contributed by atoms with Crippen molar-refractivity contribution in [1.29, 1.82) is 0 Å². The topological polar surface area (TPSA) is 64.7 Å². The van der Waals surface area contributed by atoms with E-state index in [4.69, 9.17) is 15.2 Å². The number of methoxy groups -OCH3 is 2. The summed E-state index contributed by atoms with van der Waals surface area (Å²) in [7, 11) is 3.22. The van der Waals surface area contributed by atoms with E-state index in [9.17, 15) is 5.11 Å². The molecule has 4 nitrogen and oxygen atoms in total. The number of ether oxygens (including phenoxy) is 2. The summed E-state index contributed by atoms with van der Waals surface area (Å²) in [6, 6.07) is 3.68. The standard InChI is InChI=1S/C12H17NO3/c1-15-11-5-7-3-9(13)10(14)4-8(7)6-12(11)16-2/h5-6,9-10,14H,3-4,13H2,1-2H3/t9-,10+/m0/s1. The van der Waals surface area contributed by atoms with Gasteiger partial charge in [-0.15, -0.1) is 0 Å². The van der Waals surface area contributed by atoms with Gasteiger partial charge in [-0.2, -0.15) is 0 Å². The summed E-state index contributed by atoms with van der Waals surface area (Å²) in [5, 5.41) is 9.72. The van der Waals surface area contributed by atoms with Crippen LogP contribution in [0.25, 0.3) is 0 Å². The summed E-state index contributed by atoms with van der Waals surface area (Å²) >= 11 is 0. The molecule has 0 heterocycles. The van der Waals surface area contributed by atoms with Crippen LogP contribution in [0.2, 0.25) is 0 Å². The summed E-state index contributed by atoms with van der Waals surface area (Å²) in [6.45, 7) is 0. The van der Waals surface area contributed by atoms with Crippen LogP contribution in [0, 0.1) is 0 Å². The van der Waals surface area contributed by atoms with Crippen LogP contribution in [-0.4, -0.2) is 31.5 Å². The Morgan fingerprint density at radius 3 is 2.12 bits per heavy atom. The SMILES string of the molecule is COc1cc2c(cc1OC)C[C@H](N)[C@H](O)C2. The van der Waals surface area contributed by atoms with Crippen molar-refractivity contribution < 1.29 is 14.6 Å². The molecule has 2 atom stereocenters. The Morgan fingerprint density at radius 2 is 1.62 bits per heavy atom. The average Bonchev–Trinajstić information content (AvgIpc) is 2.29. The van der Waals surface area contributed by atoms with E-state index in [0.29, 0.717) is 24.3 Å². The summed E-state index contributed by atoms with van der Waals surface area (Å²) in [6.07, 6.45) is 0.791. The van der Waals surface area contributed by atoms with Crippen molar-refractivity contribution in [2.45, 2.75) is 25.0 Å². The molecule has 16 heavy (non-hydrogen) atoms. The zero-order chi connectivity index (χ0) is 11.7. The monoisotopic (exact) mass is 223 g/mol. The van der Waals surface area contributed by atoms with Gasteiger partial charge in [-0.05, 0) is 29.7 Å². The first kappa shape index (κ1) is 11.2. The summed E-state index contributed by atoms with van der Waals surface area (Å²) in [5.41, 5.74) is 8.06. The molecule has 2 rings (SSSR count). The van der Waals surface area contributed by atoms with E-state index in [1.54, 1.807) is 14.2 Å². The molecule has 3 N–H and O–H groups in total. The summed E-state index contributed by atoms with van der Waals surface area (Å²) < 4.78 is 10.5. The van der Waals surface area contributed by atoms with Gasteiger partial charge in [0, 0.05) is 12.5 Å². The van der Waals surface area contributed by atoms with Gasteiger partial charge in [0.2, 0.25) is 0 Å². The Balaban J connectivity index is 2.41. The highest BCUT2D eigenvalue weighted by atomic mass is 16.5. The van der Waals surface area contributed by atoms with Gasteiger partial charge in [0.25, 0.3) is 0 Å². The molecule has 0 saturated heterocycles. The van der Waals surface area contributed by atoms with E-state index in [1.807, 2.05) is 12.1 Å². The molecule has 1 aliphatic rings. The minimum absolute atomic E-state index is 0.189. The zero-order valence-corrected chi connectivity index (χ0v) is 9.56. The van der Waals surface area contributed by atoms with Gasteiger partial charge < -0.3 is 20.3 Å². The molecule has 0 aromatic heterocycles. The lowest BCUT2D eigenvalue weighted by Gasteiger charge is -2.27. The minimum atomic E-state index is -0.467. The van der Waals surface area contributed by atoms with Gasteiger partial charge in [-0.3, -0.25) is 0 Å². The molecule has 1 aromatic carbocycles. The Hall–Kier alpha value is -1.26. The maximum absolute atomic E-state index is 9.72. The third kappa shape index (κ3) is 1.86. The molecular weight excluding hydrogens is 206 g/mol. The third-order valence-electron chi connectivity index (χ3n) is 3.08. The van der Waals surface area contributed by atoms with E-state index < -0.39 is 6.10 Å². The number of hydrogen-bond donors (Lipinski definition) is 2. The van der Waals surface area contributed by atoms with Crippen LogP contribution in [0.3, 0.4) is 0 Å². The first-order valence-corrected chi connectivity index (χ1v) is 5.33. The van der Waals surface area contributed by atoms with Gasteiger partial charge >= 0.3 is 0 Å². The fourth-order valence-electron chi connectivity index (χ4n) is 2.11. The van der Waals surface area contributed by atoms with Crippen LogP contribution >= 0.6 is 0 Å². The maximum atomic E-state index is 9.72. The molecule has 0 unspecified atom stereocenters. The number of benzene rings is 1. The molecule has 88 valence electrons. The van der Waals surface area contributed by atoms with Crippen LogP contribution in [0.5, 0.6) is 11.5 Å². The molecule has 4 heteroatoms. The number of rotatable bonds is 2. The summed E-state index contributed by atoms with van der Waals surface area (Å²) in [5.74, 6) is 1.41. The fourth-order valence-corrected chi connectivity index (χ4v) is 2.11. The Bertz CT molecular complexity index is 355. The van der Waals surface area contributed by atoms with Gasteiger partial charge in [0.05, 0.1) is 20.3 Å². The van der Waals surface area contributed by atoms with Gasteiger partial charge in [0.1, 0.15) is 0 Å².